The van der Waals surface area contributed by atoms with Crippen LogP contribution in [-0.4, -0.2) is 10.7 Å². The highest BCUT2D eigenvalue weighted by molar-refractivity contribution is 7.99. The Balaban J connectivity index is 2.21. The summed E-state index contributed by atoms with van der Waals surface area (Å²) in [4.78, 5) is 5.15. The molecule has 0 saturated heterocycles. The van der Waals surface area contributed by atoms with Crippen LogP contribution >= 0.6 is 11.8 Å². The summed E-state index contributed by atoms with van der Waals surface area (Å²) in [7, 11) is 0. The van der Waals surface area contributed by atoms with E-state index < -0.39 is 0 Å². The van der Waals surface area contributed by atoms with Crippen molar-refractivity contribution in [2.24, 2.45) is 0 Å². The second-order valence-electron chi connectivity index (χ2n) is 2.29. The van der Waals surface area contributed by atoms with Gasteiger partial charge in [-0.15, -0.1) is 11.8 Å². The molecular formula is C9H10N2S. The zero-order valence-corrected chi connectivity index (χ0v) is 7.55. The van der Waals surface area contributed by atoms with Crippen molar-refractivity contribution in [3.8, 4) is 6.07 Å². The largest absolute Gasteiger partial charge is 0.265 e. The van der Waals surface area contributed by atoms with E-state index >= 15 is 0 Å². The van der Waals surface area contributed by atoms with Crippen LogP contribution in [0.4, 0.5) is 0 Å². The van der Waals surface area contributed by atoms with Crippen molar-refractivity contribution in [3.05, 3.63) is 24.5 Å². The van der Waals surface area contributed by atoms with Crippen molar-refractivity contribution in [2.45, 2.75) is 17.7 Å². The van der Waals surface area contributed by atoms with E-state index in [0.717, 1.165) is 12.2 Å². The van der Waals surface area contributed by atoms with E-state index in [-0.39, 0.29) is 0 Å². The number of thioether (sulfide) groups is 1. The first-order valence-electron chi connectivity index (χ1n) is 3.83. The first-order valence-corrected chi connectivity index (χ1v) is 4.82. The van der Waals surface area contributed by atoms with Gasteiger partial charge in [0.2, 0.25) is 0 Å². The molecule has 1 rings (SSSR count). The van der Waals surface area contributed by atoms with E-state index in [1.54, 1.807) is 24.2 Å². The minimum Gasteiger partial charge on any atom is -0.265 e. The molecule has 0 saturated carbocycles. The molecule has 2 nitrogen and oxygen atoms in total. The third-order valence-corrected chi connectivity index (χ3v) is 2.45. The molecule has 0 aliphatic heterocycles. The molecule has 0 N–H and O–H groups in total. The molecule has 0 atom stereocenters. The van der Waals surface area contributed by atoms with E-state index in [1.165, 1.54) is 4.90 Å². The molecule has 0 amide bonds. The van der Waals surface area contributed by atoms with Gasteiger partial charge in [-0.1, -0.05) is 0 Å². The van der Waals surface area contributed by atoms with Crippen LogP contribution < -0.4 is 0 Å². The normalized spacial score (nSPS) is 9.25. The second kappa shape index (κ2) is 5.62. The number of pyridine rings is 1. The molecule has 0 aromatic carbocycles. The predicted molar refractivity (Wildman–Crippen MR) is 49.8 cm³/mol. The number of hydrogen-bond acceptors (Lipinski definition) is 3. The maximum atomic E-state index is 8.29. The van der Waals surface area contributed by atoms with Gasteiger partial charge in [-0.3, -0.25) is 4.98 Å². The molecule has 0 radical (unpaired) electrons. The quantitative estimate of drug-likeness (QED) is 0.525. The third kappa shape index (κ3) is 3.40. The maximum Gasteiger partial charge on any atom is 0.0622 e. The molecule has 1 aromatic rings. The number of hydrogen-bond donors (Lipinski definition) is 0. The number of aromatic nitrogens is 1. The van der Waals surface area contributed by atoms with Gasteiger partial charge in [0, 0.05) is 23.7 Å². The highest BCUT2D eigenvalue weighted by atomic mass is 32.2. The molecule has 12 heavy (non-hydrogen) atoms. The highest BCUT2D eigenvalue weighted by Gasteiger charge is 1.91. The van der Waals surface area contributed by atoms with Crippen molar-refractivity contribution in [3.63, 3.8) is 0 Å². The first-order chi connectivity index (χ1) is 5.93. The lowest BCUT2D eigenvalue weighted by atomic mass is 10.4. The van der Waals surface area contributed by atoms with Crippen molar-refractivity contribution >= 4 is 11.8 Å². The molecule has 3 heteroatoms. The third-order valence-electron chi connectivity index (χ3n) is 1.35. The van der Waals surface area contributed by atoms with Gasteiger partial charge in [-0.2, -0.15) is 5.26 Å². The van der Waals surface area contributed by atoms with Gasteiger partial charge in [-0.05, 0) is 24.3 Å². The summed E-state index contributed by atoms with van der Waals surface area (Å²) >= 11 is 1.77. The Morgan fingerprint density at radius 1 is 1.42 bits per heavy atom. The van der Waals surface area contributed by atoms with Gasteiger partial charge in [0.1, 0.15) is 0 Å². The lowest BCUT2D eigenvalue weighted by Gasteiger charge is -1.97. The van der Waals surface area contributed by atoms with Gasteiger partial charge in [0.25, 0.3) is 0 Å². The topological polar surface area (TPSA) is 36.7 Å². The molecule has 0 aliphatic carbocycles. The molecule has 62 valence electrons. The van der Waals surface area contributed by atoms with Gasteiger partial charge in [0.05, 0.1) is 6.07 Å². The van der Waals surface area contributed by atoms with Crippen molar-refractivity contribution in [1.82, 2.24) is 4.98 Å². The van der Waals surface area contributed by atoms with Gasteiger partial charge < -0.3 is 0 Å². The Bertz CT molecular complexity index is 253. The predicted octanol–water partition coefficient (Wildman–Crippen LogP) is 2.48. The summed E-state index contributed by atoms with van der Waals surface area (Å²) in [6.07, 6.45) is 5.18. The summed E-state index contributed by atoms with van der Waals surface area (Å²) in [5.74, 6) is 1.01. The molecular weight excluding hydrogens is 168 g/mol. The van der Waals surface area contributed by atoms with E-state index in [0.29, 0.717) is 6.42 Å². The van der Waals surface area contributed by atoms with Crippen LogP contribution in [0.15, 0.2) is 29.4 Å². The first kappa shape index (κ1) is 9.08. The number of unbranched alkanes of at least 4 members (excludes halogenated alkanes) is 1. The van der Waals surface area contributed by atoms with E-state index in [9.17, 15) is 0 Å². The Morgan fingerprint density at radius 3 is 2.83 bits per heavy atom. The monoisotopic (exact) mass is 178 g/mol. The Hall–Kier alpha value is -1.01. The average Bonchev–Trinajstić information content (AvgIpc) is 2.14. The van der Waals surface area contributed by atoms with Crippen LogP contribution in [0.2, 0.25) is 0 Å². The molecule has 0 bridgehead atoms. The number of nitriles is 1. The van der Waals surface area contributed by atoms with Crippen LogP contribution in [0.3, 0.4) is 0 Å². The van der Waals surface area contributed by atoms with Gasteiger partial charge in [0.15, 0.2) is 0 Å². The van der Waals surface area contributed by atoms with E-state index in [1.807, 2.05) is 12.1 Å². The van der Waals surface area contributed by atoms with Gasteiger partial charge in [-0.25, -0.2) is 0 Å². The zero-order chi connectivity index (χ0) is 8.65. The van der Waals surface area contributed by atoms with Crippen LogP contribution in [0.1, 0.15) is 12.8 Å². The van der Waals surface area contributed by atoms with Crippen LogP contribution in [0.5, 0.6) is 0 Å². The second-order valence-corrected chi connectivity index (χ2v) is 3.46. The number of nitrogens with zero attached hydrogens (tertiary/aromatic N) is 2. The Kier molecular flexibility index (Phi) is 4.25. The lowest BCUT2D eigenvalue weighted by Crippen LogP contribution is -1.79. The smallest absolute Gasteiger partial charge is 0.0622 e. The molecule has 1 heterocycles. The van der Waals surface area contributed by atoms with Gasteiger partial charge >= 0.3 is 0 Å². The zero-order valence-electron chi connectivity index (χ0n) is 6.73. The fourth-order valence-corrected chi connectivity index (χ4v) is 1.61. The fraction of sp³-hybridized carbons (Fsp3) is 0.333. The van der Waals surface area contributed by atoms with E-state index in [4.69, 9.17) is 5.26 Å². The summed E-state index contributed by atoms with van der Waals surface area (Å²) in [5.41, 5.74) is 0. The lowest BCUT2D eigenvalue weighted by molar-refractivity contribution is 0.981. The number of rotatable bonds is 4. The fourth-order valence-electron chi connectivity index (χ4n) is 0.776. The highest BCUT2D eigenvalue weighted by Crippen LogP contribution is 2.17. The molecule has 0 spiro atoms. The van der Waals surface area contributed by atoms with Crippen molar-refractivity contribution in [1.29, 1.82) is 5.26 Å². The molecule has 0 aliphatic rings. The Morgan fingerprint density at radius 2 is 2.17 bits per heavy atom. The summed E-state index contributed by atoms with van der Waals surface area (Å²) < 4.78 is 0. The summed E-state index contributed by atoms with van der Waals surface area (Å²) in [6.45, 7) is 0. The van der Waals surface area contributed by atoms with Crippen molar-refractivity contribution < 1.29 is 0 Å². The maximum absolute atomic E-state index is 8.29. The molecule has 0 unspecified atom stereocenters. The van der Waals surface area contributed by atoms with Crippen molar-refractivity contribution in [2.75, 3.05) is 5.75 Å². The SMILES string of the molecule is N#CCCCSc1ccncc1. The summed E-state index contributed by atoms with van der Waals surface area (Å²) in [5, 5.41) is 8.29. The van der Waals surface area contributed by atoms with Crippen LogP contribution in [0, 0.1) is 11.3 Å². The Labute approximate surface area is 76.6 Å². The average molecular weight is 178 g/mol. The minimum absolute atomic E-state index is 0.651. The standard InChI is InChI=1S/C9H10N2S/c10-5-1-2-8-12-9-3-6-11-7-4-9/h3-4,6-7H,1-2,8H2. The molecule has 0 fully saturated rings. The molecule has 1 aromatic heterocycles. The summed E-state index contributed by atoms with van der Waals surface area (Å²) in [6, 6.07) is 6.09. The van der Waals surface area contributed by atoms with E-state index in [2.05, 4.69) is 11.1 Å². The van der Waals surface area contributed by atoms with Crippen LogP contribution in [0.25, 0.3) is 0 Å². The van der Waals surface area contributed by atoms with Crippen LogP contribution in [-0.2, 0) is 0 Å². The minimum atomic E-state index is 0.651.